The van der Waals surface area contributed by atoms with E-state index in [1.165, 1.54) is 31.2 Å². The van der Waals surface area contributed by atoms with E-state index < -0.39 is 0 Å². The van der Waals surface area contributed by atoms with E-state index in [4.69, 9.17) is 4.42 Å². The summed E-state index contributed by atoms with van der Waals surface area (Å²) in [5.41, 5.74) is 1.83. The van der Waals surface area contributed by atoms with Crippen LogP contribution in [0.3, 0.4) is 0 Å². The summed E-state index contributed by atoms with van der Waals surface area (Å²) in [6, 6.07) is 3.31. The third kappa shape index (κ3) is 4.86. The summed E-state index contributed by atoms with van der Waals surface area (Å²) in [4.78, 5) is 2.48. The summed E-state index contributed by atoms with van der Waals surface area (Å²) in [6.07, 6.45) is 7.11. The summed E-state index contributed by atoms with van der Waals surface area (Å²) in [6.45, 7) is 11.0. The van der Waals surface area contributed by atoms with E-state index in [2.05, 4.69) is 51.0 Å². The van der Waals surface area contributed by atoms with Gasteiger partial charge in [-0.25, -0.2) is 0 Å². The molecule has 1 aliphatic carbocycles. The van der Waals surface area contributed by atoms with Crippen LogP contribution in [0.4, 0.5) is 0 Å². The van der Waals surface area contributed by atoms with Crippen molar-refractivity contribution in [3.05, 3.63) is 23.7 Å². The molecule has 1 N–H and O–H groups in total. The molecular formula is C18H32N2O. The Bertz CT molecular complexity index is 426. The first-order valence-corrected chi connectivity index (χ1v) is 8.36. The second-order valence-electron chi connectivity index (χ2n) is 7.72. The molecule has 0 aliphatic heterocycles. The van der Waals surface area contributed by atoms with Crippen molar-refractivity contribution in [2.45, 2.75) is 78.6 Å². The number of hydrogen-bond donors (Lipinski definition) is 1. The molecule has 1 heterocycles. The Morgan fingerprint density at radius 2 is 2.00 bits per heavy atom. The standard InChI is InChI=1S/C18H32N2O/c1-14(2)19-12-15-8-11-21-17(15)13-20(5)16-6-9-18(3,4)10-7-16/h8,11,14,16,19H,6-7,9-10,12-13H2,1-5H3. The zero-order chi connectivity index (χ0) is 15.5. The molecule has 0 bridgehead atoms. The van der Waals surface area contributed by atoms with Crippen LogP contribution in [0.1, 0.15) is 64.7 Å². The molecule has 0 amide bonds. The van der Waals surface area contributed by atoms with Crippen molar-refractivity contribution < 1.29 is 4.42 Å². The number of furan rings is 1. The van der Waals surface area contributed by atoms with Crippen molar-refractivity contribution in [3.8, 4) is 0 Å². The van der Waals surface area contributed by atoms with Gasteiger partial charge in [-0.15, -0.1) is 0 Å². The Kier molecular flexibility index (Phi) is 5.50. The molecule has 0 spiro atoms. The van der Waals surface area contributed by atoms with E-state index in [1.807, 2.05) is 6.26 Å². The maximum absolute atomic E-state index is 5.72. The SMILES string of the molecule is CC(C)NCc1ccoc1CN(C)C1CCC(C)(C)CC1. The second kappa shape index (κ2) is 6.97. The highest BCUT2D eigenvalue weighted by Gasteiger charge is 2.29. The fourth-order valence-electron chi connectivity index (χ4n) is 3.16. The van der Waals surface area contributed by atoms with Gasteiger partial charge in [-0.2, -0.15) is 0 Å². The van der Waals surface area contributed by atoms with Crippen LogP contribution in [0.25, 0.3) is 0 Å². The summed E-state index contributed by atoms with van der Waals surface area (Å²) in [7, 11) is 2.24. The number of hydrogen-bond acceptors (Lipinski definition) is 3. The largest absolute Gasteiger partial charge is 0.468 e. The Balaban J connectivity index is 1.88. The molecule has 2 rings (SSSR count). The van der Waals surface area contributed by atoms with Crippen molar-refractivity contribution in [1.82, 2.24) is 10.2 Å². The van der Waals surface area contributed by atoms with Gasteiger partial charge >= 0.3 is 0 Å². The lowest BCUT2D eigenvalue weighted by atomic mass is 9.75. The third-order valence-electron chi connectivity index (χ3n) is 4.86. The van der Waals surface area contributed by atoms with E-state index in [-0.39, 0.29) is 0 Å². The van der Waals surface area contributed by atoms with Crippen LogP contribution in [-0.2, 0) is 13.1 Å². The average molecular weight is 292 g/mol. The molecule has 0 unspecified atom stereocenters. The maximum Gasteiger partial charge on any atom is 0.122 e. The van der Waals surface area contributed by atoms with E-state index in [0.717, 1.165) is 18.8 Å². The first-order valence-electron chi connectivity index (χ1n) is 8.36. The van der Waals surface area contributed by atoms with Gasteiger partial charge in [0.2, 0.25) is 0 Å². The second-order valence-corrected chi connectivity index (χ2v) is 7.72. The average Bonchev–Trinajstić information content (AvgIpc) is 2.83. The molecule has 21 heavy (non-hydrogen) atoms. The fraction of sp³-hybridized carbons (Fsp3) is 0.778. The van der Waals surface area contributed by atoms with Crippen molar-refractivity contribution in [3.63, 3.8) is 0 Å². The predicted molar refractivity (Wildman–Crippen MR) is 88.2 cm³/mol. The Hall–Kier alpha value is -0.800. The number of nitrogens with zero attached hydrogens (tertiary/aromatic N) is 1. The minimum Gasteiger partial charge on any atom is -0.468 e. The monoisotopic (exact) mass is 292 g/mol. The highest BCUT2D eigenvalue weighted by Crippen LogP contribution is 2.37. The molecule has 3 heteroatoms. The van der Waals surface area contributed by atoms with Crippen LogP contribution in [0.2, 0.25) is 0 Å². The zero-order valence-corrected chi connectivity index (χ0v) is 14.4. The van der Waals surface area contributed by atoms with Crippen molar-refractivity contribution in [2.75, 3.05) is 7.05 Å². The lowest BCUT2D eigenvalue weighted by Crippen LogP contribution is -2.37. The van der Waals surface area contributed by atoms with E-state index >= 15 is 0 Å². The van der Waals surface area contributed by atoms with Crippen molar-refractivity contribution in [2.24, 2.45) is 5.41 Å². The van der Waals surface area contributed by atoms with E-state index in [0.29, 0.717) is 17.5 Å². The molecule has 1 aliphatic rings. The zero-order valence-electron chi connectivity index (χ0n) is 14.4. The van der Waals surface area contributed by atoms with Crippen LogP contribution < -0.4 is 5.32 Å². The Labute approximate surface area is 130 Å². The first-order chi connectivity index (χ1) is 9.87. The summed E-state index contributed by atoms with van der Waals surface area (Å²) >= 11 is 0. The van der Waals surface area contributed by atoms with Gasteiger partial charge in [0.1, 0.15) is 5.76 Å². The lowest BCUT2D eigenvalue weighted by Gasteiger charge is -2.38. The van der Waals surface area contributed by atoms with Gasteiger partial charge < -0.3 is 9.73 Å². The summed E-state index contributed by atoms with van der Waals surface area (Å²) in [5.74, 6) is 1.12. The van der Waals surface area contributed by atoms with Crippen LogP contribution >= 0.6 is 0 Å². The predicted octanol–water partition coefficient (Wildman–Crippen LogP) is 4.18. The molecule has 1 aromatic heterocycles. The number of rotatable bonds is 6. The fourth-order valence-corrected chi connectivity index (χ4v) is 3.16. The molecule has 0 radical (unpaired) electrons. The summed E-state index contributed by atoms with van der Waals surface area (Å²) < 4.78 is 5.72. The minimum absolute atomic E-state index is 0.506. The van der Waals surface area contributed by atoms with Gasteiger partial charge in [-0.1, -0.05) is 27.7 Å². The molecule has 0 saturated heterocycles. The normalized spacial score (nSPS) is 19.6. The topological polar surface area (TPSA) is 28.4 Å². The van der Waals surface area contributed by atoms with Crippen LogP contribution in [0.5, 0.6) is 0 Å². The van der Waals surface area contributed by atoms with Gasteiger partial charge in [-0.3, -0.25) is 4.90 Å². The van der Waals surface area contributed by atoms with Crippen molar-refractivity contribution >= 4 is 0 Å². The quantitative estimate of drug-likeness (QED) is 0.852. The molecule has 1 fully saturated rings. The molecule has 0 aromatic carbocycles. The molecule has 120 valence electrons. The highest BCUT2D eigenvalue weighted by atomic mass is 16.3. The highest BCUT2D eigenvalue weighted by molar-refractivity contribution is 5.17. The molecule has 1 aromatic rings. The maximum atomic E-state index is 5.72. The molecule has 3 nitrogen and oxygen atoms in total. The third-order valence-corrected chi connectivity index (χ3v) is 4.86. The van der Waals surface area contributed by atoms with Crippen LogP contribution in [-0.4, -0.2) is 24.0 Å². The Morgan fingerprint density at radius 1 is 1.33 bits per heavy atom. The van der Waals surface area contributed by atoms with Crippen LogP contribution in [0.15, 0.2) is 16.7 Å². The molecule has 0 atom stereocenters. The number of nitrogens with one attached hydrogen (secondary N) is 1. The van der Waals surface area contributed by atoms with E-state index in [1.54, 1.807) is 0 Å². The Morgan fingerprint density at radius 3 is 2.62 bits per heavy atom. The molecular weight excluding hydrogens is 260 g/mol. The molecule has 1 saturated carbocycles. The van der Waals surface area contributed by atoms with Crippen LogP contribution in [0, 0.1) is 5.41 Å². The first kappa shape index (κ1) is 16.6. The van der Waals surface area contributed by atoms with E-state index in [9.17, 15) is 0 Å². The minimum atomic E-state index is 0.506. The van der Waals surface area contributed by atoms with Crippen molar-refractivity contribution in [1.29, 1.82) is 0 Å². The van der Waals surface area contributed by atoms with Gasteiger partial charge in [0.25, 0.3) is 0 Å². The summed E-state index contributed by atoms with van der Waals surface area (Å²) in [5, 5.41) is 3.47. The van der Waals surface area contributed by atoms with Gasteiger partial charge in [0.15, 0.2) is 0 Å². The smallest absolute Gasteiger partial charge is 0.122 e. The van der Waals surface area contributed by atoms with Gasteiger partial charge in [0, 0.05) is 24.2 Å². The van der Waals surface area contributed by atoms with Gasteiger partial charge in [-0.05, 0) is 44.2 Å². The van der Waals surface area contributed by atoms with Gasteiger partial charge in [0.05, 0.1) is 12.8 Å². The lowest BCUT2D eigenvalue weighted by molar-refractivity contribution is 0.117.